The molecule has 2 heterocycles. The van der Waals surface area contributed by atoms with E-state index < -0.39 is 0 Å². The first-order valence-electron chi connectivity index (χ1n) is 7.81. The second kappa shape index (κ2) is 8.00. The van der Waals surface area contributed by atoms with Crippen molar-refractivity contribution in [2.45, 2.75) is 52.4 Å². The molecule has 112 valence electrons. The Morgan fingerprint density at radius 2 is 1.80 bits per heavy atom. The second-order valence-electron chi connectivity index (χ2n) is 5.31. The monoisotopic (exact) mass is 388 g/mol. The van der Waals surface area contributed by atoms with Crippen molar-refractivity contribution in [3.63, 3.8) is 0 Å². The number of nitrogens with zero attached hydrogens (tertiary/aromatic N) is 3. The molecule has 5 heteroatoms. The summed E-state index contributed by atoms with van der Waals surface area (Å²) in [6.45, 7) is 7.50. The van der Waals surface area contributed by atoms with Gasteiger partial charge in [-0.15, -0.1) is 0 Å². The Morgan fingerprint density at radius 3 is 2.40 bits per heavy atom. The van der Waals surface area contributed by atoms with E-state index in [4.69, 9.17) is 9.97 Å². The molecule has 4 nitrogen and oxygen atoms in total. The molecular weight excluding hydrogens is 363 g/mol. The summed E-state index contributed by atoms with van der Waals surface area (Å²) in [4.78, 5) is 11.9. The second-order valence-corrected chi connectivity index (χ2v) is 6.39. The lowest BCUT2D eigenvalue weighted by atomic mass is 10.2. The fraction of sp³-hybridized carbons (Fsp3) is 0.733. The molecule has 1 fully saturated rings. The molecule has 2 rings (SSSR count). The molecule has 20 heavy (non-hydrogen) atoms. The fourth-order valence-corrected chi connectivity index (χ4v) is 3.30. The number of aryl methyl sites for hydroxylation is 1. The van der Waals surface area contributed by atoms with Crippen LogP contribution in [0.4, 0.5) is 11.8 Å². The molecule has 1 aliphatic heterocycles. The predicted molar refractivity (Wildman–Crippen MR) is 93.6 cm³/mol. The lowest BCUT2D eigenvalue weighted by Crippen LogP contribution is -2.27. The normalized spacial score (nSPS) is 16.1. The van der Waals surface area contributed by atoms with Crippen molar-refractivity contribution in [2.24, 2.45) is 0 Å². The molecule has 0 radical (unpaired) electrons. The van der Waals surface area contributed by atoms with Crippen molar-refractivity contribution in [3.8, 4) is 0 Å². The van der Waals surface area contributed by atoms with Gasteiger partial charge in [0.05, 0.1) is 9.26 Å². The largest absolute Gasteiger partial charge is 0.369 e. The minimum absolute atomic E-state index is 0.919. The SMILES string of the molecule is CCCNc1nc(N2CCCCCC2)nc(CC)c1I. The summed E-state index contributed by atoms with van der Waals surface area (Å²) in [6, 6.07) is 0. The number of nitrogens with one attached hydrogen (secondary N) is 1. The number of aromatic nitrogens is 2. The summed E-state index contributed by atoms with van der Waals surface area (Å²) in [7, 11) is 0. The van der Waals surface area contributed by atoms with Crippen LogP contribution in [0.15, 0.2) is 0 Å². The van der Waals surface area contributed by atoms with Gasteiger partial charge in [0.1, 0.15) is 5.82 Å². The summed E-state index contributed by atoms with van der Waals surface area (Å²) in [5, 5.41) is 3.45. The smallest absolute Gasteiger partial charge is 0.227 e. The van der Waals surface area contributed by atoms with Crippen molar-refractivity contribution in [1.29, 1.82) is 0 Å². The van der Waals surface area contributed by atoms with Gasteiger partial charge in [0, 0.05) is 19.6 Å². The van der Waals surface area contributed by atoms with E-state index in [-0.39, 0.29) is 0 Å². The highest BCUT2D eigenvalue weighted by Crippen LogP contribution is 2.24. The molecule has 0 aliphatic carbocycles. The predicted octanol–water partition coefficient (Wildman–Crippen LogP) is 3.85. The first kappa shape index (κ1) is 15.8. The summed E-state index contributed by atoms with van der Waals surface area (Å²) in [6.07, 6.45) is 7.26. The summed E-state index contributed by atoms with van der Waals surface area (Å²) in [5.74, 6) is 1.93. The lowest BCUT2D eigenvalue weighted by molar-refractivity contribution is 0.726. The van der Waals surface area contributed by atoms with Crippen LogP contribution >= 0.6 is 22.6 Å². The van der Waals surface area contributed by atoms with Gasteiger partial charge in [-0.1, -0.05) is 26.7 Å². The Labute approximate surface area is 135 Å². The Morgan fingerprint density at radius 1 is 1.10 bits per heavy atom. The van der Waals surface area contributed by atoms with Crippen molar-refractivity contribution in [2.75, 3.05) is 29.9 Å². The Kier molecular flexibility index (Phi) is 6.32. The molecule has 1 aromatic rings. The van der Waals surface area contributed by atoms with Crippen LogP contribution in [0, 0.1) is 3.57 Å². The highest BCUT2D eigenvalue weighted by molar-refractivity contribution is 14.1. The molecule has 1 aliphatic rings. The Hall–Kier alpha value is -0.590. The van der Waals surface area contributed by atoms with Gasteiger partial charge in [-0.2, -0.15) is 4.98 Å². The zero-order valence-corrected chi connectivity index (χ0v) is 14.7. The van der Waals surface area contributed by atoms with Crippen molar-refractivity contribution >= 4 is 34.4 Å². The lowest BCUT2D eigenvalue weighted by Gasteiger charge is -2.22. The fourth-order valence-electron chi connectivity index (χ4n) is 2.49. The topological polar surface area (TPSA) is 41.1 Å². The average Bonchev–Trinajstić information content (AvgIpc) is 2.75. The number of anilines is 2. The van der Waals surface area contributed by atoms with E-state index in [1.807, 2.05) is 0 Å². The molecule has 0 atom stereocenters. The zero-order valence-electron chi connectivity index (χ0n) is 12.6. The maximum Gasteiger partial charge on any atom is 0.227 e. The third-order valence-electron chi connectivity index (χ3n) is 3.67. The van der Waals surface area contributed by atoms with E-state index in [1.165, 1.54) is 34.9 Å². The molecule has 0 aromatic carbocycles. The highest BCUT2D eigenvalue weighted by Gasteiger charge is 2.17. The van der Waals surface area contributed by atoms with Crippen LogP contribution in [-0.2, 0) is 6.42 Å². The van der Waals surface area contributed by atoms with Crippen LogP contribution in [-0.4, -0.2) is 29.6 Å². The summed E-state index contributed by atoms with van der Waals surface area (Å²) >= 11 is 2.37. The maximum atomic E-state index is 4.79. The van der Waals surface area contributed by atoms with Crippen LogP contribution < -0.4 is 10.2 Å². The van der Waals surface area contributed by atoms with E-state index in [2.05, 4.69) is 46.7 Å². The van der Waals surface area contributed by atoms with Gasteiger partial charge in [-0.25, -0.2) is 4.98 Å². The third-order valence-corrected chi connectivity index (χ3v) is 4.81. The number of rotatable bonds is 5. The van der Waals surface area contributed by atoms with Crippen molar-refractivity contribution < 1.29 is 0 Å². The van der Waals surface area contributed by atoms with Gasteiger partial charge < -0.3 is 10.2 Å². The number of hydrogen-bond acceptors (Lipinski definition) is 4. The van der Waals surface area contributed by atoms with Gasteiger partial charge in [-0.05, 0) is 48.3 Å². The van der Waals surface area contributed by atoms with E-state index in [0.29, 0.717) is 0 Å². The molecule has 0 saturated carbocycles. The molecular formula is C15H25IN4. The molecule has 0 amide bonds. The molecule has 1 N–H and O–H groups in total. The Balaban J connectivity index is 2.26. The van der Waals surface area contributed by atoms with Crippen LogP contribution in [0.2, 0.25) is 0 Å². The first-order valence-corrected chi connectivity index (χ1v) is 8.89. The molecule has 1 aromatic heterocycles. The molecule has 0 bridgehead atoms. The van der Waals surface area contributed by atoms with E-state index in [0.717, 1.165) is 44.2 Å². The zero-order chi connectivity index (χ0) is 14.4. The Bertz CT molecular complexity index is 428. The maximum absolute atomic E-state index is 4.79. The standard InChI is InChI=1S/C15H25IN4/c1-3-9-17-14-13(16)12(4-2)18-15(19-14)20-10-7-5-6-8-11-20/h3-11H2,1-2H3,(H,17,18,19). The van der Waals surface area contributed by atoms with Gasteiger partial charge in [0.15, 0.2) is 0 Å². The van der Waals surface area contributed by atoms with E-state index >= 15 is 0 Å². The highest BCUT2D eigenvalue weighted by atomic mass is 127. The number of hydrogen-bond donors (Lipinski definition) is 1. The summed E-state index contributed by atoms with van der Waals surface area (Å²) in [5.41, 5.74) is 1.17. The van der Waals surface area contributed by atoms with Crippen molar-refractivity contribution in [1.82, 2.24) is 9.97 Å². The number of halogens is 1. The third kappa shape index (κ3) is 3.96. The van der Waals surface area contributed by atoms with Gasteiger partial charge >= 0.3 is 0 Å². The van der Waals surface area contributed by atoms with Gasteiger partial charge in [0.2, 0.25) is 5.95 Å². The minimum Gasteiger partial charge on any atom is -0.369 e. The average molecular weight is 388 g/mol. The quantitative estimate of drug-likeness (QED) is 0.779. The van der Waals surface area contributed by atoms with Crippen LogP contribution in [0.5, 0.6) is 0 Å². The van der Waals surface area contributed by atoms with Crippen molar-refractivity contribution in [3.05, 3.63) is 9.26 Å². The first-order chi connectivity index (χ1) is 9.76. The molecule has 0 spiro atoms. The van der Waals surface area contributed by atoms with Crippen LogP contribution in [0.1, 0.15) is 51.6 Å². The molecule has 0 unspecified atom stereocenters. The van der Waals surface area contributed by atoms with E-state index in [1.54, 1.807) is 0 Å². The van der Waals surface area contributed by atoms with E-state index in [9.17, 15) is 0 Å². The minimum atomic E-state index is 0.919. The summed E-state index contributed by atoms with van der Waals surface area (Å²) < 4.78 is 1.18. The van der Waals surface area contributed by atoms with Crippen LogP contribution in [0.25, 0.3) is 0 Å². The van der Waals surface area contributed by atoms with Gasteiger partial charge in [-0.3, -0.25) is 0 Å². The van der Waals surface area contributed by atoms with Crippen LogP contribution in [0.3, 0.4) is 0 Å². The molecule has 1 saturated heterocycles. The van der Waals surface area contributed by atoms with Gasteiger partial charge in [0.25, 0.3) is 0 Å².